The van der Waals surface area contributed by atoms with Crippen molar-refractivity contribution in [2.24, 2.45) is 0 Å². The molecule has 1 N–H and O–H groups in total. The number of carbonyl (C=O) groups is 1. The van der Waals surface area contributed by atoms with Crippen molar-refractivity contribution in [1.82, 2.24) is 5.32 Å². The van der Waals surface area contributed by atoms with Gasteiger partial charge in [-0.05, 0) is 50.3 Å². The van der Waals surface area contributed by atoms with Crippen molar-refractivity contribution in [2.75, 3.05) is 19.8 Å². The molecule has 1 amide bonds. The van der Waals surface area contributed by atoms with Crippen molar-refractivity contribution < 1.29 is 9.53 Å². The van der Waals surface area contributed by atoms with Crippen LogP contribution >= 0.6 is 0 Å². The number of unbranched alkanes of at least 4 members (excludes halogenated alkanes) is 3. The second-order valence-corrected chi connectivity index (χ2v) is 5.74. The molecule has 124 valence electrons. The molecule has 0 aliphatic heterocycles. The molecule has 0 aliphatic rings. The SMILES string of the molecule is CCCCCCOCCCc1c(C)cccc1C(=O)NCC. The molecule has 0 radical (unpaired) electrons. The van der Waals surface area contributed by atoms with E-state index in [2.05, 4.69) is 25.2 Å². The molecular weight excluding hydrogens is 274 g/mol. The molecule has 0 spiro atoms. The highest BCUT2D eigenvalue weighted by Crippen LogP contribution is 2.16. The Labute approximate surface area is 135 Å². The number of rotatable bonds is 11. The Balaban J connectivity index is 2.40. The number of amides is 1. The Morgan fingerprint density at radius 2 is 1.86 bits per heavy atom. The van der Waals surface area contributed by atoms with Crippen molar-refractivity contribution in [3.63, 3.8) is 0 Å². The summed E-state index contributed by atoms with van der Waals surface area (Å²) < 4.78 is 5.69. The van der Waals surface area contributed by atoms with E-state index in [4.69, 9.17) is 4.74 Å². The lowest BCUT2D eigenvalue weighted by atomic mass is 9.97. The Morgan fingerprint density at radius 3 is 2.59 bits per heavy atom. The minimum Gasteiger partial charge on any atom is -0.381 e. The van der Waals surface area contributed by atoms with Crippen LogP contribution in [-0.4, -0.2) is 25.7 Å². The molecule has 1 aromatic rings. The van der Waals surface area contributed by atoms with Crippen molar-refractivity contribution >= 4 is 5.91 Å². The lowest BCUT2D eigenvalue weighted by Crippen LogP contribution is -2.24. The summed E-state index contributed by atoms with van der Waals surface area (Å²) in [6.07, 6.45) is 6.83. The number of aryl methyl sites for hydroxylation is 1. The number of benzene rings is 1. The van der Waals surface area contributed by atoms with E-state index < -0.39 is 0 Å². The number of ether oxygens (including phenoxy) is 1. The zero-order valence-electron chi connectivity index (χ0n) is 14.4. The van der Waals surface area contributed by atoms with Gasteiger partial charge in [-0.15, -0.1) is 0 Å². The third kappa shape index (κ3) is 6.61. The third-order valence-corrected chi connectivity index (χ3v) is 3.85. The predicted octanol–water partition coefficient (Wildman–Crippen LogP) is 4.27. The van der Waals surface area contributed by atoms with Crippen LogP contribution < -0.4 is 5.32 Å². The van der Waals surface area contributed by atoms with Crippen LogP contribution in [0.1, 0.15) is 67.4 Å². The van der Waals surface area contributed by atoms with Gasteiger partial charge in [0.25, 0.3) is 5.91 Å². The highest BCUT2D eigenvalue weighted by molar-refractivity contribution is 5.96. The summed E-state index contributed by atoms with van der Waals surface area (Å²) in [5, 5.41) is 2.89. The van der Waals surface area contributed by atoms with E-state index in [-0.39, 0.29) is 5.91 Å². The molecule has 0 heterocycles. The smallest absolute Gasteiger partial charge is 0.251 e. The lowest BCUT2D eigenvalue weighted by Gasteiger charge is -2.12. The van der Waals surface area contributed by atoms with E-state index in [1.807, 2.05) is 19.1 Å². The molecular formula is C19H31NO2. The van der Waals surface area contributed by atoms with E-state index in [0.29, 0.717) is 6.54 Å². The largest absolute Gasteiger partial charge is 0.381 e. The summed E-state index contributed by atoms with van der Waals surface area (Å²) in [6.45, 7) is 8.53. The van der Waals surface area contributed by atoms with E-state index in [0.717, 1.165) is 43.6 Å². The molecule has 0 unspecified atom stereocenters. The molecule has 0 fully saturated rings. The third-order valence-electron chi connectivity index (χ3n) is 3.85. The van der Waals surface area contributed by atoms with Gasteiger partial charge in [-0.3, -0.25) is 4.79 Å². The van der Waals surface area contributed by atoms with Gasteiger partial charge in [-0.2, -0.15) is 0 Å². The van der Waals surface area contributed by atoms with E-state index in [1.54, 1.807) is 0 Å². The second-order valence-electron chi connectivity index (χ2n) is 5.74. The molecule has 0 saturated heterocycles. The number of hydrogen-bond donors (Lipinski definition) is 1. The van der Waals surface area contributed by atoms with Crippen molar-refractivity contribution in [3.8, 4) is 0 Å². The molecule has 0 aliphatic carbocycles. The highest BCUT2D eigenvalue weighted by Gasteiger charge is 2.12. The maximum absolute atomic E-state index is 12.1. The Morgan fingerprint density at radius 1 is 1.09 bits per heavy atom. The summed E-state index contributed by atoms with van der Waals surface area (Å²) in [7, 11) is 0. The molecule has 0 atom stereocenters. The van der Waals surface area contributed by atoms with Crippen LogP contribution in [0.5, 0.6) is 0 Å². The average molecular weight is 305 g/mol. The van der Waals surface area contributed by atoms with Gasteiger partial charge in [-0.25, -0.2) is 0 Å². The number of nitrogens with one attached hydrogen (secondary N) is 1. The van der Waals surface area contributed by atoms with Gasteiger partial charge in [0, 0.05) is 25.3 Å². The quantitative estimate of drug-likeness (QED) is 0.620. The molecule has 3 heteroatoms. The van der Waals surface area contributed by atoms with Gasteiger partial charge < -0.3 is 10.1 Å². The van der Waals surface area contributed by atoms with Crippen LogP contribution in [0.3, 0.4) is 0 Å². The van der Waals surface area contributed by atoms with Crippen molar-refractivity contribution in [1.29, 1.82) is 0 Å². The highest BCUT2D eigenvalue weighted by atomic mass is 16.5. The first-order valence-corrected chi connectivity index (χ1v) is 8.65. The normalized spacial score (nSPS) is 10.7. The van der Waals surface area contributed by atoms with Gasteiger partial charge in [0.1, 0.15) is 0 Å². The zero-order valence-corrected chi connectivity index (χ0v) is 14.4. The molecule has 22 heavy (non-hydrogen) atoms. The minimum absolute atomic E-state index is 0.0293. The van der Waals surface area contributed by atoms with Gasteiger partial charge in [-0.1, -0.05) is 38.3 Å². The van der Waals surface area contributed by atoms with Crippen LogP contribution in [0.25, 0.3) is 0 Å². The van der Waals surface area contributed by atoms with Crippen LogP contribution in [0.4, 0.5) is 0 Å². The maximum atomic E-state index is 12.1. The maximum Gasteiger partial charge on any atom is 0.251 e. The number of carbonyl (C=O) groups excluding carboxylic acids is 1. The van der Waals surface area contributed by atoms with Gasteiger partial charge >= 0.3 is 0 Å². The van der Waals surface area contributed by atoms with E-state index in [1.165, 1.54) is 24.8 Å². The van der Waals surface area contributed by atoms with Crippen LogP contribution in [0.15, 0.2) is 18.2 Å². The summed E-state index contributed by atoms with van der Waals surface area (Å²) >= 11 is 0. The van der Waals surface area contributed by atoms with Gasteiger partial charge in [0.05, 0.1) is 0 Å². The topological polar surface area (TPSA) is 38.3 Å². The van der Waals surface area contributed by atoms with E-state index >= 15 is 0 Å². The Hall–Kier alpha value is -1.35. The first-order chi connectivity index (χ1) is 10.7. The van der Waals surface area contributed by atoms with Crippen LogP contribution in [0, 0.1) is 6.92 Å². The van der Waals surface area contributed by atoms with Gasteiger partial charge in [0.2, 0.25) is 0 Å². The Bertz CT molecular complexity index is 443. The lowest BCUT2D eigenvalue weighted by molar-refractivity contribution is 0.0954. The fourth-order valence-corrected chi connectivity index (χ4v) is 2.59. The van der Waals surface area contributed by atoms with Crippen LogP contribution in [-0.2, 0) is 11.2 Å². The molecule has 3 nitrogen and oxygen atoms in total. The summed E-state index contributed by atoms with van der Waals surface area (Å²) in [4.78, 5) is 12.1. The first-order valence-electron chi connectivity index (χ1n) is 8.65. The fraction of sp³-hybridized carbons (Fsp3) is 0.632. The first kappa shape index (κ1) is 18.7. The molecule has 0 saturated carbocycles. The van der Waals surface area contributed by atoms with Crippen molar-refractivity contribution in [3.05, 3.63) is 34.9 Å². The fourth-order valence-electron chi connectivity index (χ4n) is 2.59. The summed E-state index contributed by atoms with van der Waals surface area (Å²) in [5.41, 5.74) is 3.15. The van der Waals surface area contributed by atoms with Crippen molar-refractivity contribution in [2.45, 2.75) is 59.3 Å². The number of hydrogen-bond acceptors (Lipinski definition) is 2. The van der Waals surface area contributed by atoms with Crippen LogP contribution in [0.2, 0.25) is 0 Å². The molecule has 1 aromatic carbocycles. The molecule has 0 aromatic heterocycles. The standard InChI is InChI=1S/C19H31NO2/c1-4-6-7-8-14-22-15-10-13-17-16(3)11-9-12-18(17)19(21)20-5-2/h9,11-12H,4-8,10,13-15H2,1-3H3,(H,20,21). The zero-order chi connectivity index (χ0) is 16.2. The minimum atomic E-state index is 0.0293. The van der Waals surface area contributed by atoms with E-state index in [9.17, 15) is 4.79 Å². The summed E-state index contributed by atoms with van der Waals surface area (Å²) in [5.74, 6) is 0.0293. The second kappa shape index (κ2) is 11.2. The molecule has 0 bridgehead atoms. The Kier molecular flexibility index (Phi) is 9.56. The predicted molar refractivity (Wildman–Crippen MR) is 92.5 cm³/mol. The average Bonchev–Trinajstić information content (AvgIpc) is 2.51. The monoisotopic (exact) mass is 305 g/mol. The molecule has 1 rings (SSSR count). The van der Waals surface area contributed by atoms with Gasteiger partial charge in [0.15, 0.2) is 0 Å². The summed E-state index contributed by atoms with van der Waals surface area (Å²) in [6, 6.07) is 5.94.